The highest BCUT2D eigenvalue weighted by Gasteiger charge is 2.14. The Hall–Kier alpha value is -3.81. The predicted octanol–water partition coefficient (Wildman–Crippen LogP) is 3.28. The summed E-state index contributed by atoms with van der Waals surface area (Å²) in [6.07, 6.45) is 5.60. The molecule has 0 saturated carbocycles. The zero-order chi connectivity index (χ0) is 23.1. The molecule has 8 nitrogen and oxygen atoms in total. The molecule has 2 heterocycles. The van der Waals surface area contributed by atoms with Crippen LogP contribution in [0.15, 0.2) is 42.6 Å². The van der Waals surface area contributed by atoms with Crippen LogP contribution in [0.3, 0.4) is 0 Å². The summed E-state index contributed by atoms with van der Waals surface area (Å²) in [6.45, 7) is 4.47. The van der Waals surface area contributed by atoms with E-state index in [9.17, 15) is 4.79 Å². The fraction of sp³-hybridized carbons (Fsp3) is 0.292. The second-order valence-electron chi connectivity index (χ2n) is 7.08. The smallest absolute Gasteiger partial charge is 0.244 e. The van der Waals surface area contributed by atoms with Gasteiger partial charge in [-0.05, 0) is 61.7 Å². The number of nitrogens with one attached hydrogen (secondary N) is 1. The molecule has 0 aliphatic rings. The molecule has 2 aromatic heterocycles. The largest absolute Gasteiger partial charge is 0.493 e. The maximum Gasteiger partial charge on any atom is 0.244 e. The topological polar surface area (TPSA) is 87.5 Å². The first-order chi connectivity index (χ1) is 15.5. The number of pyridine rings is 1. The minimum atomic E-state index is -0.189. The van der Waals surface area contributed by atoms with E-state index < -0.39 is 0 Å². The van der Waals surface area contributed by atoms with Crippen molar-refractivity contribution < 1.29 is 19.0 Å². The van der Waals surface area contributed by atoms with Gasteiger partial charge in [0.25, 0.3) is 0 Å². The van der Waals surface area contributed by atoms with Crippen LogP contribution >= 0.6 is 0 Å². The number of benzene rings is 1. The molecular weight excluding hydrogens is 408 g/mol. The lowest BCUT2D eigenvalue weighted by Gasteiger charge is -2.12. The summed E-state index contributed by atoms with van der Waals surface area (Å²) < 4.78 is 17.8. The Labute approximate surface area is 187 Å². The normalized spacial score (nSPS) is 10.9. The molecule has 3 rings (SSSR count). The molecule has 0 spiro atoms. The number of carbonyl (C=O) groups is 1. The zero-order valence-corrected chi connectivity index (χ0v) is 19.0. The molecule has 1 aromatic carbocycles. The highest BCUT2D eigenvalue weighted by molar-refractivity contribution is 5.91. The number of rotatable bonds is 9. The molecule has 8 heteroatoms. The van der Waals surface area contributed by atoms with Crippen molar-refractivity contribution in [1.82, 2.24) is 20.1 Å². The van der Waals surface area contributed by atoms with Gasteiger partial charge in [-0.3, -0.25) is 4.79 Å². The van der Waals surface area contributed by atoms with Crippen LogP contribution in [0.4, 0.5) is 0 Å². The maximum atomic E-state index is 12.3. The third-order valence-corrected chi connectivity index (χ3v) is 5.10. The maximum absolute atomic E-state index is 12.3. The Morgan fingerprint density at radius 2 is 1.81 bits per heavy atom. The number of aromatic nitrogens is 3. The standard InChI is InChI=1S/C24H28N4O4/c1-16-19(17(2)28(27-16)22-8-6-7-12-25-22)11-13-26-23(29)10-9-18-14-20(30-3)24(32-5)21(15-18)31-4/h6-10,12,14-15H,11,13H2,1-5H3,(H,26,29). The van der Waals surface area contributed by atoms with Crippen LogP contribution in [-0.4, -0.2) is 48.5 Å². The van der Waals surface area contributed by atoms with E-state index in [0.717, 1.165) is 28.3 Å². The Balaban J connectivity index is 1.63. The minimum Gasteiger partial charge on any atom is -0.493 e. The molecule has 0 fully saturated rings. The summed E-state index contributed by atoms with van der Waals surface area (Å²) in [7, 11) is 4.65. The first-order valence-corrected chi connectivity index (χ1v) is 10.2. The molecule has 0 aliphatic carbocycles. The van der Waals surface area contributed by atoms with Gasteiger partial charge in [-0.1, -0.05) is 6.07 Å². The second-order valence-corrected chi connectivity index (χ2v) is 7.08. The quantitative estimate of drug-likeness (QED) is 0.518. The van der Waals surface area contributed by atoms with E-state index in [1.165, 1.54) is 6.08 Å². The number of aryl methyl sites for hydroxylation is 1. The van der Waals surface area contributed by atoms with Gasteiger partial charge in [0, 0.05) is 24.5 Å². The van der Waals surface area contributed by atoms with Crippen LogP contribution in [0.2, 0.25) is 0 Å². The van der Waals surface area contributed by atoms with Crippen molar-refractivity contribution in [1.29, 1.82) is 0 Å². The lowest BCUT2D eigenvalue weighted by molar-refractivity contribution is -0.116. The molecule has 3 aromatic rings. The van der Waals surface area contributed by atoms with E-state index in [-0.39, 0.29) is 5.91 Å². The van der Waals surface area contributed by atoms with E-state index in [4.69, 9.17) is 14.2 Å². The predicted molar refractivity (Wildman–Crippen MR) is 123 cm³/mol. The van der Waals surface area contributed by atoms with Crippen LogP contribution in [0.5, 0.6) is 17.2 Å². The molecule has 0 radical (unpaired) electrons. The molecule has 0 unspecified atom stereocenters. The summed E-state index contributed by atoms with van der Waals surface area (Å²) in [5, 5.41) is 7.51. The average molecular weight is 437 g/mol. The van der Waals surface area contributed by atoms with Crippen molar-refractivity contribution in [2.45, 2.75) is 20.3 Å². The molecule has 0 saturated heterocycles. The van der Waals surface area contributed by atoms with E-state index >= 15 is 0 Å². The Morgan fingerprint density at radius 3 is 2.41 bits per heavy atom. The van der Waals surface area contributed by atoms with E-state index in [0.29, 0.717) is 30.2 Å². The fourth-order valence-electron chi connectivity index (χ4n) is 3.48. The minimum absolute atomic E-state index is 0.189. The van der Waals surface area contributed by atoms with Crippen molar-refractivity contribution in [3.63, 3.8) is 0 Å². The Morgan fingerprint density at radius 1 is 1.09 bits per heavy atom. The SMILES string of the molecule is COc1cc(C=CC(=O)NCCc2c(C)nn(-c3ccccn3)c2C)cc(OC)c1OC. The number of hydrogen-bond acceptors (Lipinski definition) is 6. The Kier molecular flexibility index (Phi) is 7.49. The number of carbonyl (C=O) groups excluding carboxylic acids is 1. The number of methoxy groups -OCH3 is 3. The fourth-order valence-corrected chi connectivity index (χ4v) is 3.48. The number of amides is 1. The second kappa shape index (κ2) is 10.5. The first-order valence-electron chi connectivity index (χ1n) is 10.2. The van der Waals surface area contributed by atoms with Crippen LogP contribution in [0.25, 0.3) is 11.9 Å². The average Bonchev–Trinajstić information content (AvgIpc) is 3.10. The van der Waals surface area contributed by atoms with E-state index in [1.807, 2.05) is 36.7 Å². The number of ether oxygens (including phenoxy) is 3. The number of hydrogen-bond donors (Lipinski definition) is 1. The number of nitrogens with zero attached hydrogens (tertiary/aromatic N) is 3. The summed E-state index contributed by atoms with van der Waals surface area (Å²) in [6, 6.07) is 9.28. The van der Waals surface area contributed by atoms with Gasteiger partial charge in [-0.2, -0.15) is 5.10 Å². The highest BCUT2D eigenvalue weighted by atomic mass is 16.5. The van der Waals surface area contributed by atoms with E-state index in [2.05, 4.69) is 15.4 Å². The molecule has 32 heavy (non-hydrogen) atoms. The third-order valence-electron chi connectivity index (χ3n) is 5.10. The lowest BCUT2D eigenvalue weighted by atomic mass is 10.1. The van der Waals surface area contributed by atoms with Crippen LogP contribution in [-0.2, 0) is 11.2 Å². The summed E-state index contributed by atoms with van der Waals surface area (Å²) in [5.74, 6) is 2.15. The van der Waals surface area contributed by atoms with Gasteiger partial charge in [0.2, 0.25) is 11.7 Å². The highest BCUT2D eigenvalue weighted by Crippen LogP contribution is 2.38. The molecule has 0 atom stereocenters. The van der Waals surface area contributed by atoms with Crippen LogP contribution in [0.1, 0.15) is 22.5 Å². The van der Waals surface area contributed by atoms with Gasteiger partial charge in [0.1, 0.15) is 0 Å². The van der Waals surface area contributed by atoms with Crippen molar-refractivity contribution >= 4 is 12.0 Å². The third kappa shape index (κ3) is 5.08. The first kappa shape index (κ1) is 22.9. The lowest BCUT2D eigenvalue weighted by Crippen LogP contribution is -2.23. The Bertz CT molecular complexity index is 1080. The van der Waals surface area contributed by atoms with Crippen LogP contribution < -0.4 is 19.5 Å². The van der Waals surface area contributed by atoms with Crippen molar-refractivity contribution in [2.75, 3.05) is 27.9 Å². The molecule has 1 amide bonds. The van der Waals surface area contributed by atoms with Gasteiger partial charge >= 0.3 is 0 Å². The van der Waals surface area contributed by atoms with Gasteiger partial charge in [0.05, 0.1) is 27.0 Å². The van der Waals surface area contributed by atoms with Gasteiger partial charge in [0.15, 0.2) is 17.3 Å². The molecular formula is C24H28N4O4. The van der Waals surface area contributed by atoms with Gasteiger partial charge in [-0.15, -0.1) is 0 Å². The van der Waals surface area contributed by atoms with E-state index in [1.54, 1.807) is 45.7 Å². The molecule has 1 N–H and O–H groups in total. The van der Waals surface area contributed by atoms with Crippen molar-refractivity contribution in [3.05, 3.63) is 65.1 Å². The van der Waals surface area contributed by atoms with Crippen molar-refractivity contribution in [3.8, 4) is 23.1 Å². The van der Waals surface area contributed by atoms with Crippen LogP contribution in [0, 0.1) is 13.8 Å². The van der Waals surface area contributed by atoms with Gasteiger partial charge in [-0.25, -0.2) is 9.67 Å². The molecule has 168 valence electrons. The summed E-state index contributed by atoms with van der Waals surface area (Å²) in [5.41, 5.74) is 3.81. The molecule has 0 aliphatic heterocycles. The molecule has 0 bridgehead atoms. The van der Waals surface area contributed by atoms with Gasteiger partial charge < -0.3 is 19.5 Å². The summed E-state index contributed by atoms with van der Waals surface area (Å²) in [4.78, 5) is 16.7. The van der Waals surface area contributed by atoms with Crippen molar-refractivity contribution in [2.24, 2.45) is 0 Å². The zero-order valence-electron chi connectivity index (χ0n) is 19.0. The monoisotopic (exact) mass is 436 g/mol. The summed E-state index contributed by atoms with van der Waals surface area (Å²) >= 11 is 0.